The van der Waals surface area contributed by atoms with E-state index in [1.807, 2.05) is 0 Å². The number of halogens is 1. The van der Waals surface area contributed by atoms with E-state index < -0.39 is 11.8 Å². The number of carboxylic acids is 1. The van der Waals surface area contributed by atoms with Gasteiger partial charge in [-0.05, 0) is 18.2 Å². The van der Waals surface area contributed by atoms with Crippen molar-refractivity contribution < 1.29 is 19.0 Å². The van der Waals surface area contributed by atoms with Crippen molar-refractivity contribution >= 4 is 5.97 Å². The average molecular weight is 250 g/mol. The number of aryl methyl sites for hydroxylation is 1. The number of methoxy groups -OCH3 is 1. The van der Waals surface area contributed by atoms with Gasteiger partial charge in [0.2, 0.25) is 0 Å². The third-order valence-corrected chi connectivity index (χ3v) is 2.56. The molecule has 0 aliphatic heterocycles. The Bertz CT molecular complexity index is 607. The lowest BCUT2D eigenvalue weighted by atomic mass is 10.1. The van der Waals surface area contributed by atoms with Crippen molar-refractivity contribution in [2.75, 3.05) is 7.11 Å². The SMILES string of the molecule is COc1ccc(F)cc1-c1c(C(=O)O)ncn1C. The number of benzene rings is 1. The number of rotatable bonds is 3. The van der Waals surface area contributed by atoms with Crippen molar-refractivity contribution in [1.82, 2.24) is 9.55 Å². The molecule has 5 nitrogen and oxygen atoms in total. The quantitative estimate of drug-likeness (QED) is 0.904. The van der Waals surface area contributed by atoms with Crippen LogP contribution in [0.3, 0.4) is 0 Å². The summed E-state index contributed by atoms with van der Waals surface area (Å²) in [5, 5.41) is 9.06. The van der Waals surface area contributed by atoms with E-state index in [1.54, 1.807) is 7.05 Å². The number of hydrogen-bond donors (Lipinski definition) is 1. The van der Waals surface area contributed by atoms with E-state index in [2.05, 4.69) is 4.98 Å². The molecule has 0 unspecified atom stereocenters. The van der Waals surface area contributed by atoms with Crippen LogP contribution in [-0.2, 0) is 7.05 Å². The molecule has 2 rings (SSSR count). The third-order valence-electron chi connectivity index (χ3n) is 2.56. The predicted molar refractivity (Wildman–Crippen MR) is 62.1 cm³/mol. The zero-order valence-corrected chi connectivity index (χ0v) is 9.85. The number of ether oxygens (including phenoxy) is 1. The van der Waals surface area contributed by atoms with Crippen LogP contribution in [0, 0.1) is 5.82 Å². The van der Waals surface area contributed by atoms with Crippen LogP contribution in [0.5, 0.6) is 5.75 Å². The maximum Gasteiger partial charge on any atom is 0.356 e. The summed E-state index contributed by atoms with van der Waals surface area (Å²) in [4.78, 5) is 14.9. The Morgan fingerprint density at radius 2 is 2.22 bits per heavy atom. The lowest BCUT2D eigenvalue weighted by Crippen LogP contribution is -2.02. The summed E-state index contributed by atoms with van der Waals surface area (Å²) < 4.78 is 19.9. The fourth-order valence-corrected chi connectivity index (χ4v) is 1.77. The van der Waals surface area contributed by atoms with Crippen LogP contribution in [-0.4, -0.2) is 27.7 Å². The summed E-state index contributed by atoms with van der Waals surface area (Å²) >= 11 is 0. The van der Waals surface area contributed by atoms with Gasteiger partial charge >= 0.3 is 5.97 Å². The van der Waals surface area contributed by atoms with Crippen molar-refractivity contribution in [2.24, 2.45) is 7.05 Å². The standard InChI is InChI=1S/C12H11FN2O3/c1-15-6-14-10(12(16)17)11(15)8-5-7(13)3-4-9(8)18-2/h3-6H,1-2H3,(H,16,17). The Balaban J connectivity index is 2.71. The summed E-state index contributed by atoms with van der Waals surface area (Å²) in [5.74, 6) is -1.25. The highest BCUT2D eigenvalue weighted by molar-refractivity contribution is 5.93. The van der Waals surface area contributed by atoms with Crippen LogP contribution in [0.2, 0.25) is 0 Å². The molecule has 2 aromatic rings. The summed E-state index contributed by atoms with van der Waals surface area (Å²) in [5.41, 5.74) is 0.523. The number of carbonyl (C=O) groups is 1. The number of nitrogens with zero attached hydrogens (tertiary/aromatic N) is 2. The molecule has 1 N–H and O–H groups in total. The molecule has 0 spiro atoms. The van der Waals surface area contributed by atoms with Gasteiger partial charge in [0.1, 0.15) is 11.6 Å². The van der Waals surface area contributed by atoms with Gasteiger partial charge in [0.05, 0.1) is 19.1 Å². The molecular weight excluding hydrogens is 239 g/mol. The topological polar surface area (TPSA) is 64.3 Å². The molecule has 1 aromatic heterocycles. The van der Waals surface area contributed by atoms with Crippen LogP contribution in [0.1, 0.15) is 10.5 Å². The highest BCUT2D eigenvalue weighted by Gasteiger charge is 2.20. The maximum atomic E-state index is 13.3. The normalized spacial score (nSPS) is 10.4. The van der Waals surface area contributed by atoms with Gasteiger partial charge in [0.25, 0.3) is 0 Å². The van der Waals surface area contributed by atoms with Crippen molar-refractivity contribution in [3.63, 3.8) is 0 Å². The van der Waals surface area contributed by atoms with Crippen LogP contribution in [0.15, 0.2) is 24.5 Å². The van der Waals surface area contributed by atoms with Gasteiger partial charge in [-0.3, -0.25) is 0 Å². The molecule has 0 saturated carbocycles. The molecular formula is C12H11FN2O3. The predicted octanol–water partition coefficient (Wildman–Crippen LogP) is 1.93. The second kappa shape index (κ2) is 4.48. The fourth-order valence-electron chi connectivity index (χ4n) is 1.77. The zero-order chi connectivity index (χ0) is 13.3. The van der Waals surface area contributed by atoms with Gasteiger partial charge in [0, 0.05) is 12.6 Å². The molecule has 0 fully saturated rings. The van der Waals surface area contributed by atoms with Gasteiger partial charge in [-0.1, -0.05) is 0 Å². The first-order chi connectivity index (χ1) is 8.54. The Morgan fingerprint density at radius 1 is 1.50 bits per heavy atom. The Kier molecular flexibility index (Phi) is 3.01. The van der Waals surface area contributed by atoms with E-state index in [4.69, 9.17) is 9.84 Å². The molecule has 1 aromatic carbocycles. The molecule has 0 saturated heterocycles. The fraction of sp³-hybridized carbons (Fsp3) is 0.167. The summed E-state index contributed by atoms with van der Waals surface area (Å²) in [6.45, 7) is 0. The monoisotopic (exact) mass is 250 g/mol. The van der Waals surface area contributed by atoms with E-state index in [1.165, 1.54) is 36.2 Å². The van der Waals surface area contributed by atoms with Crippen molar-refractivity contribution in [1.29, 1.82) is 0 Å². The molecule has 0 atom stereocenters. The third kappa shape index (κ3) is 1.92. The zero-order valence-electron chi connectivity index (χ0n) is 9.85. The minimum atomic E-state index is -1.17. The number of hydrogen-bond acceptors (Lipinski definition) is 3. The van der Waals surface area contributed by atoms with Crippen LogP contribution in [0.4, 0.5) is 4.39 Å². The van der Waals surface area contributed by atoms with E-state index in [-0.39, 0.29) is 5.69 Å². The Morgan fingerprint density at radius 3 is 2.83 bits per heavy atom. The average Bonchev–Trinajstić information content (AvgIpc) is 2.71. The van der Waals surface area contributed by atoms with Crippen molar-refractivity contribution in [3.8, 4) is 17.0 Å². The highest BCUT2D eigenvalue weighted by Crippen LogP contribution is 2.32. The lowest BCUT2D eigenvalue weighted by Gasteiger charge is -2.10. The second-order valence-corrected chi connectivity index (χ2v) is 3.70. The summed E-state index contributed by atoms with van der Waals surface area (Å²) in [6, 6.07) is 3.92. The number of aromatic nitrogens is 2. The first-order valence-corrected chi connectivity index (χ1v) is 5.13. The molecule has 0 amide bonds. The molecule has 1 heterocycles. The Hall–Kier alpha value is -2.37. The first kappa shape index (κ1) is 12.1. The summed E-state index contributed by atoms with van der Waals surface area (Å²) in [7, 11) is 3.08. The van der Waals surface area contributed by atoms with E-state index >= 15 is 0 Å². The van der Waals surface area contributed by atoms with Crippen molar-refractivity contribution in [3.05, 3.63) is 36.0 Å². The van der Waals surface area contributed by atoms with Crippen LogP contribution in [0.25, 0.3) is 11.3 Å². The van der Waals surface area contributed by atoms with Crippen LogP contribution < -0.4 is 4.74 Å². The van der Waals surface area contributed by atoms with E-state index in [0.717, 1.165) is 0 Å². The minimum absolute atomic E-state index is 0.138. The largest absolute Gasteiger partial charge is 0.496 e. The van der Waals surface area contributed by atoms with Crippen molar-refractivity contribution in [2.45, 2.75) is 0 Å². The van der Waals surface area contributed by atoms with Gasteiger partial charge in [-0.2, -0.15) is 0 Å². The Labute approximate surface area is 102 Å². The molecule has 0 aliphatic carbocycles. The summed E-state index contributed by atoms with van der Waals surface area (Å²) in [6.07, 6.45) is 1.36. The molecule has 94 valence electrons. The van der Waals surface area contributed by atoms with E-state index in [0.29, 0.717) is 17.0 Å². The van der Waals surface area contributed by atoms with Gasteiger partial charge in [-0.25, -0.2) is 14.2 Å². The minimum Gasteiger partial charge on any atom is -0.496 e. The van der Waals surface area contributed by atoms with E-state index in [9.17, 15) is 9.18 Å². The number of aromatic carboxylic acids is 1. The molecule has 0 bridgehead atoms. The highest BCUT2D eigenvalue weighted by atomic mass is 19.1. The van der Waals surface area contributed by atoms with Crippen LogP contribution >= 0.6 is 0 Å². The first-order valence-electron chi connectivity index (χ1n) is 5.13. The molecule has 0 radical (unpaired) electrons. The van der Waals surface area contributed by atoms with Gasteiger partial charge in [-0.15, -0.1) is 0 Å². The maximum absolute atomic E-state index is 13.3. The molecule has 0 aliphatic rings. The van der Waals surface area contributed by atoms with Gasteiger partial charge < -0.3 is 14.4 Å². The molecule has 6 heteroatoms. The smallest absolute Gasteiger partial charge is 0.356 e. The van der Waals surface area contributed by atoms with Gasteiger partial charge in [0.15, 0.2) is 5.69 Å². The lowest BCUT2D eigenvalue weighted by molar-refractivity contribution is 0.0692. The number of carboxylic acid groups (broad SMARTS) is 1. The second-order valence-electron chi connectivity index (χ2n) is 3.70. The number of imidazole rings is 1. The molecule has 18 heavy (non-hydrogen) atoms.